The molecule has 202 valence electrons. The van der Waals surface area contributed by atoms with Gasteiger partial charge in [-0.05, 0) is 67.3 Å². The van der Waals surface area contributed by atoms with Gasteiger partial charge in [0.15, 0.2) is 0 Å². The maximum atomic E-state index is 12.7. The van der Waals surface area contributed by atoms with Crippen LogP contribution in [0.1, 0.15) is 40.7 Å². The maximum absolute atomic E-state index is 12.7. The Morgan fingerprint density at radius 3 is 2.40 bits per heavy atom. The Morgan fingerprint density at radius 2 is 1.62 bits per heavy atom. The second-order valence-electron chi connectivity index (χ2n) is 11.1. The minimum Gasteiger partial charge on any atom is -0.478 e. The Hall–Kier alpha value is -3.54. The van der Waals surface area contributed by atoms with Crippen LogP contribution < -0.4 is 14.8 Å². The summed E-state index contributed by atoms with van der Waals surface area (Å²) in [6.07, 6.45) is 5.20. The fraction of sp³-hybridized carbons (Fsp3) is 0.273. The molecule has 3 aromatic rings. The molecule has 0 unspecified atom stereocenters. The number of carboxylic acids is 1. The van der Waals surface area contributed by atoms with Crippen molar-refractivity contribution in [1.82, 2.24) is 4.58 Å². The van der Waals surface area contributed by atoms with Crippen molar-refractivity contribution < 1.29 is 14.3 Å². The molecule has 3 heterocycles. The predicted molar refractivity (Wildman–Crippen MR) is 163 cm³/mol. The lowest BCUT2D eigenvalue weighted by Gasteiger charge is -2.33. The van der Waals surface area contributed by atoms with Gasteiger partial charge in [-0.1, -0.05) is 41.4 Å². The zero-order valence-electron chi connectivity index (χ0n) is 22.5. The Bertz CT molecular complexity index is 1920. The summed E-state index contributed by atoms with van der Waals surface area (Å²) in [7, 11) is 4.04. The fourth-order valence-corrected chi connectivity index (χ4v) is 7.33. The molecular weight excluding hydrogens is 543 g/mol. The van der Waals surface area contributed by atoms with E-state index in [1.165, 1.54) is 16.8 Å². The van der Waals surface area contributed by atoms with Gasteiger partial charge in [0.25, 0.3) is 0 Å². The summed E-state index contributed by atoms with van der Waals surface area (Å²) in [5, 5.41) is 14.8. The lowest BCUT2D eigenvalue weighted by molar-refractivity contribution is 0.0698. The molecule has 1 N–H and O–H groups in total. The molecule has 0 saturated carbocycles. The lowest BCUT2D eigenvalue weighted by Crippen LogP contribution is -2.30. The Labute approximate surface area is 242 Å². The summed E-state index contributed by atoms with van der Waals surface area (Å²) in [6, 6.07) is 15.7. The summed E-state index contributed by atoms with van der Waals surface area (Å²) in [6.45, 7) is 2.09. The van der Waals surface area contributed by atoms with Crippen molar-refractivity contribution in [3.8, 4) is 22.5 Å². The van der Waals surface area contributed by atoms with E-state index < -0.39 is 5.97 Å². The first kappa shape index (κ1) is 25.4. The quantitative estimate of drug-likeness (QED) is 0.135. The van der Waals surface area contributed by atoms with E-state index >= 15 is 0 Å². The number of rotatable bonds is 2. The van der Waals surface area contributed by atoms with Gasteiger partial charge in [0, 0.05) is 51.4 Å². The molecule has 0 spiro atoms. The van der Waals surface area contributed by atoms with Crippen molar-refractivity contribution in [2.24, 2.45) is 0 Å². The van der Waals surface area contributed by atoms with Crippen molar-refractivity contribution in [3.63, 3.8) is 0 Å². The summed E-state index contributed by atoms with van der Waals surface area (Å²) in [5.41, 5.74) is 6.66. The summed E-state index contributed by atoms with van der Waals surface area (Å²) in [4.78, 5) is 15.2. The summed E-state index contributed by atoms with van der Waals surface area (Å²) in [5.74, 6) is -0.416. The molecule has 3 aromatic carbocycles. The first-order valence-corrected chi connectivity index (χ1v) is 14.5. The molecule has 40 heavy (non-hydrogen) atoms. The normalized spacial score (nSPS) is 14.9. The number of hydrogen-bond acceptors (Lipinski definition) is 3. The third kappa shape index (κ3) is 3.75. The molecule has 0 bridgehead atoms. The minimum absolute atomic E-state index is 0.00828. The van der Waals surface area contributed by atoms with Crippen molar-refractivity contribution in [3.05, 3.63) is 80.6 Å². The number of fused-ring (bicyclic) bond motifs is 5. The zero-order chi connectivity index (χ0) is 27.7. The van der Waals surface area contributed by atoms with Crippen LogP contribution in [-0.2, 0) is 12.8 Å². The van der Waals surface area contributed by atoms with E-state index in [1.807, 2.05) is 26.2 Å². The van der Waals surface area contributed by atoms with Crippen molar-refractivity contribution in [2.45, 2.75) is 32.1 Å². The molecule has 0 atom stereocenters. The third-order valence-corrected chi connectivity index (χ3v) is 9.12. The van der Waals surface area contributed by atoms with E-state index in [0.717, 1.165) is 83.4 Å². The van der Waals surface area contributed by atoms with Crippen LogP contribution in [0.25, 0.3) is 44.2 Å². The SMILES string of the molecule is C[N+](C)=c1cc2oc3c4c5c(cc3c(-c3c(Cl)ccc(Cl)c3C(=O)O)c-2c2ccccc12)CCCCN5CCC4. The second kappa shape index (κ2) is 9.53. The standard InChI is InChI=1S/C33H28Cl2N2O3/c1-36(2)25-17-26-27(20-10-4-3-9-19(20)25)28(29-23(34)12-13-24(35)30(29)33(38)39)22-16-18-8-5-6-14-37-15-7-11-21(31(18)37)32(22)40-26/h3-4,9-10,12-13,16-17H,5-8,11,14-15H2,1-2H3/p+1. The second-order valence-corrected chi connectivity index (χ2v) is 11.9. The first-order chi connectivity index (χ1) is 19.3. The largest absolute Gasteiger partial charge is 0.478 e. The van der Waals surface area contributed by atoms with Crippen LogP contribution in [0.2, 0.25) is 10.0 Å². The van der Waals surface area contributed by atoms with Crippen LogP contribution in [0.4, 0.5) is 5.69 Å². The number of anilines is 1. The number of benzene rings is 4. The van der Waals surface area contributed by atoms with E-state index in [4.69, 9.17) is 27.6 Å². The Morgan fingerprint density at radius 1 is 0.875 bits per heavy atom. The number of carboxylic acid groups (broad SMARTS) is 1. The van der Waals surface area contributed by atoms with Gasteiger partial charge < -0.3 is 14.4 Å². The van der Waals surface area contributed by atoms with Crippen molar-refractivity contribution in [1.29, 1.82) is 0 Å². The monoisotopic (exact) mass is 571 g/mol. The predicted octanol–water partition coefficient (Wildman–Crippen LogP) is 7.48. The highest BCUT2D eigenvalue weighted by atomic mass is 35.5. The molecule has 5 nitrogen and oxygen atoms in total. The third-order valence-electron chi connectivity index (χ3n) is 8.49. The fourth-order valence-electron chi connectivity index (χ4n) is 6.84. The van der Waals surface area contributed by atoms with Gasteiger partial charge in [-0.15, -0.1) is 0 Å². The zero-order valence-corrected chi connectivity index (χ0v) is 24.0. The van der Waals surface area contributed by atoms with Gasteiger partial charge in [-0.25, -0.2) is 9.37 Å². The van der Waals surface area contributed by atoms with Gasteiger partial charge in [-0.2, -0.15) is 0 Å². The van der Waals surface area contributed by atoms with Crippen LogP contribution in [0.3, 0.4) is 0 Å². The minimum atomic E-state index is -1.11. The van der Waals surface area contributed by atoms with Crippen LogP contribution in [-0.4, -0.2) is 38.3 Å². The molecule has 0 saturated heterocycles. The molecule has 0 fully saturated rings. The average molecular weight is 573 g/mol. The maximum Gasteiger partial charge on any atom is 0.337 e. The number of aromatic carboxylic acids is 1. The highest BCUT2D eigenvalue weighted by Gasteiger charge is 2.32. The molecule has 0 amide bonds. The van der Waals surface area contributed by atoms with E-state index in [2.05, 4.69) is 33.7 Å². The molecule has 0 aromatic heterocycles. The van der Waals surface area contributed by atoms with E-state index in [0.29, 0.717) is 16.3 Å². The molecule has 7 rings (SSSR count). The van der Waals surface area contributed by atoms with E-state index in [-0.39, 0.29) is 10.6 Å². The van der Waals surface area contributed by atoms with Crippen LogP contribution in [0.5, 0.6) is 0 Å². The van der Waals surface area contributed by atoms with E-state index in [1.54, 1.807) is 12.1 Å². The molecule has 0 radical (unpaired) electrons. The Balaban J connectivity index is 1.79. The molecular formula is C33H29Cl2N2O3+. The highest BCUT2D eigenvalue weighted by molar-refractivity contribution is 6.39. The van der Waals surface area contributed by atoms with Gasteiger partial charge in [0.05, 0.1) is 22.0 Å². The van der Waals surface area contributed by atoms with Crippen molar-refractivity contribution in [2.75, 3.05) is 32.1 Å². The Kier molecular flexibility index (Phi) is 6.06. The number of hydrogen-bond donors (Lipinski definition) is 1. The highest BCUT2D eigenvalue weighted by Crippen LogP contribution is 2.51. The average Bonchev–Trinajstić information content (AvgIpc) is 3.15. The van der Waals surface area contributed by atoms with E-state index in [9.17, 15) is 9.90 Å². The topological polar surface area (TPSA) is 56.7 Å². The van der Waals surface area contributed by atoms with Gasteiger partial charge in [0.1, 0.15) is 25.4 Å². The van der Waals surface area contributed by atoms with Gasteiger partial charge in [-0.3, -0.25) is 0 Å². The van der Waals surface area contributed by atoms with Crippen LogP contribution in [0.15, 0.2) is 52.9 Å². The van der Waals surface area contributed by atoms with Crippen LogP contribution >= 0.6 is 23.2 Å². The smallest absolute Gasteiger partial charge is 0.337 e. The number of carbonyl (C=O) groups is 1. The van der Waals surface area contributed by atoms with Crippen molar-refractivity contribution >= 4 is 56.6 Å². The number of halogens is 2. The van der Waals surface area contributed by atoms with Crippen LogP contribution in [0, 0.1) is 0 Å². The summed E-state index contributed by atoms with van der Waals surface area (Å²) >= 11 is 13.5. The number of aryl methyl sites for hydroxylation is 2. The van der Waals surface area contributed by atoms with Gasteiger partial charge in [0.2, 0.25) is 5.36 Å². The summed E-state index contributed by atoms with van der Waals surface area (Å²) < 4.78 is 8.99. The first-order valence-electron chi connectivity index (χ1n) is 13.8. The molecule has 7 heteroatoms. The molecule has 1 aliphatic carbocycles. The van der Waals surface area contributed by atoms with Gasteiger partial charge >= 0.3 is 5.97 Å². The lowest BCUT2D eigenvalue weighted by atomic mass is 9.85. The molecule has 3 aliphatic heterocycles. The molecule has 4 aliphatic rings. The number of nitrogens with zero attached hydrogens (tertiary/aromatic N) is 2.